The summed E-state index contributed by atoms with van der Waals surface area (Å²) in [7, 11) is 2.17. The largest absolute Gasteiger partial charge is 0.369 e. The lowest BCUT2D eigenvalue weighted by Gasteiger charge is -2.35. The summed E-state index contributed by atoms with van der Waals surface area (Å²) in [5.74, 6) is 0.466. The van der Waals surface area contributed by atoms with Gasteiger partial charge in [0, 0.05) is 50.3 Å². The van der Waals surface area contributed by atoms with E-state index in [4.69, 9.17) is 4.98 Å². The van der Waals surface area contributed by atoms with Gasteiger partial charge in [0.25, 0.3) is 5.56 Å². The molecule has 4 aromatic rings. The molecule has 8 nitrogen and oxygen atoms in total. The first-order valence-electron chi connectivity index (χ1n) is 11.8. The molecule has 0 radical (unpaired) electrons. The Morgan fingerprint density at radius 1 is 1.00 bits per heavy atom. The van der Waals surface area contributed by atoms with Gasteiger partial charge >= 0.3 is 0 Å². The van der Waals surface area contributed by atoms with Gasteiger partial charge in [-0.1, -0.05) is 17.7 Å². The molecule has 0 atom stereocenters. The zero-order valence-corrected chi connectivity index (χ0v) is 20.2. The van der Waals surface area contributed by atoms with Crippen molar-refractivity contribution in [3.05, 3.63) is 70.1 Å². The SMILES string of the molecule is CCn1c(=O)c2cnc(Nc3ccc(N4CCN(C)CC4)c(C)c3)nc2n1-c1ccc(C)cc1. The standard InChI is InChI=1S/C26H31N7O/c1-5-32-25(34)22-17-27-26(29-24(22)33(32)21-9-6-18(2)7-10-21)28-20-8-11-23(19(3)16-20)31-14-12-30(4)13-15-31/h6-11,16-17H,5,12-15H2,1-4H3,(H,27,28,29). The molecule has 8 heteroatoms. The number of anilines is 3. The maximum atomic E-state index is 13.0. The highest BCUT2D eigenvalue weighted by Gasteiger charge is 2.18. The fourth-order valence-corrected chi connectivity index (χ4v) is 4.59. The van der Waals surface area contributed by atoms with Gasteiger partial charge in [-0.25, -0.2) is 14.3 Å². The number of piperazine rings is 1. The predicted octanol–water partition coefficient (Wildman–Crippen LogP) is 3.71. The van der Waals surface area contributed by atoms with Crippen molar-refractivity contribution in [3.63, 3.8) is 0 Å². The molecule has 0 saturated carbocycles. The summed E-state index contributed by atoms with van der Waals surface area (Å²) in [5, 5.41) is 3.84. The van der Waals surface area contributed by atoms with Crippen molar-refractivity contribution in [1.29, 1.82) is 0 Å². The highest BCUT2D eigenvalue weighted by Crippen LogP contribution is 2.26. The van der Waals surface area contributed by atoms with Gasteiger partial charge in [-0.05, 0) is 63.7 Å². The van der Waals surface area contributed by atoms with Gasteiger partial charge in [0.1, 0.15) is 5.39 Å². The number of nitrogens with zero attached hydrogens (tertiary/aromatic N) is 6. The second kappa shape index (κ2) is 8.95. The van der Waals surface area contributed by atoms with Gasteiger partial charge in [-0.15, -0.1) is 0 Å². The van der Waals surface area contributed by atoms with Gasteiger partial charge in [-0.3, -0.25) is 4.79 Å². The molecular formula is C26H31N7O. The van der Waals surface area contributed by atoms with E-state index >= 15 is 0 Å². The summed E-state index contributed by atoms with van der Waals surface area (Å²) in [4.78, 5) is 27.0. The minimum Gasteiger partial charge on any atom is -0.369 e. The quantitative estimate of drug-likeness (QED) is 0.493. The van der Waals surface area contributed by atoms with Gasteiger partial charge in [-0.2, -0.15) is 4.98 Å². The number of fused-ring (bicyclic) bond motifs is 1. The van der Waals surface area contributed by atoms with Crippen molar-refractivity contribution >= 4 is 28.4 Å². The third-order valence-electron chi connectivity index (χ3n) is 6.55. The highest BCUT2D eigenvalue weighted by molar-refractivity contribution is 5.77. The van der Waals surface area contributed by atoms with Crippen molar-refractivity contribution < 1.29 is 0 Å². The van der Waals surface area contributed by atoms with Crippen LogP contribution < -0.4 is 15.8 Å². The van der Waals surface area contributed by atoms with Crippen LogP contribution in [0.4, 0.5) is 17.3 Å². The summed E-state index contributed by atoms with van der Waals surface area (Å²) in [5.41, 5.74) is 5.98. The topological polar surface area (TPSA) is 71.2 Å². The van der Waals surface area contributed by atoms with E-state index in [2.05, 4.69) is 52.3 Å². The lowest BCUT2D eigenvalue weighted by molar-refractivity contribution is 0.312. The minimum absolute atomic E-state index is 0.0861. The van der Waals surface area contributed by atoms with Gasteiger partial charge < -0.3 is 15.1 Å². The number of aromatic nitrogens is 4. The Labute approximate surface area is 199 Å². The molecule has 34 heavy (non-hydrogen) atoms. The summed E-state index contributed by atoms with van der Waals surface area (Å²) in [6.07, 6.45) is 1.62. The Bertz CT molecular complexity index is 1380. The van der Waals surface area contributed by atoms with Crippen molar-refractivity contribution in [1.82, 2.24) is 24.2 Å². The van der Waals surface area contributed by atoms with Crippen LogP contribution in [0.1, 0.15) is 18.1 Å². The maximum absolute atomic E-state index is 13.0. The molecule has 1 N–H and O–H groups in total. The first kappa shape index (κ1) is 22.2. The van der Waals surface area contributed by atoms with Crippen LogP contribution in [-0.2, 0) is 6.54 Å². The monoisotopic (exact) mass is 457 g/mol. The fourth-order valence-electron chi connectivity index (χ4n) is 4.59. The molecule has 1 saturated heterocycles. The number of hydrogen-bond donors (Lipinski definition) is 1. The van der Waals surface area contributed by atoms with Gasteiger partial charge in [0.15, 0.2) is 5.65 Å². The molecule has 1 fully saturated rings. The smallest absolute Gasteiger partial charge is 0.278 e. The Balaban J connectivity index is 1.48. The van der Waals surface area contributed by atoms with Crippen molar-refractivity contribution in [2.45, 2.75) is 27.3 Å². The van der Waals surface area contributed by atoms with Crippen LogP contribution >= 0.6 is 0 Å². The van der Waals surface area contributed by atoms with Crippen molar-refractivity contribution in [2.75, 3.05) is 43.4 Å². The summed E-state index contributed by atoms with van der Waals surface area (Å²) < 4.78 is 3.58. The van der Waals surface area contributed by atoms with E-state index in [9.17, 15) is 4.79 Å². The molecule has 176 valence electrons. The molecule has 2 aromatic heterocycles. The van der Waals surface area contributed by atoms with E-state index in [1.807, 2.05) is 42.8 Å². The van der Waals surface area contributed by atoms with E-state index in [0.717, 1.165) is 43.1 Å². The lowest BCUT2D eigenvalue weighted by Crippen LogP contribution is -2.44. The molecule has 0 spiro atoms. The van der Waals surface area contributed by atoms with Gasteiger partial charge in [0.05, 0.1) is 5.69 Å². The van der Waals surface area contributed by atoms with E-state index < -0.39 is 0 Å². The normalized spacial score (nSPS) is 14.6. The summed E-state index contributed by atoms with van der Waals surface area (Å²) in [6, 6.07) is 14.5. The molecule has 0 amide bonds. The van der Waals surface area contributed by atoms with Crippen LogP contribution in [0.25, 0.3) is 16.7 Å². The molecule has 0 unspecified atom stereocenters. The van der Waals surface area contributed by atoms with Crippen molar-refractivity contribution in [2.24, 2.45) is 0 Å². The predicted molar refractivity (Wildman–Crippen MR) is 138 cm³/mol. The second-order valence-electron chi connectivity index (χ2n) is 9.02. The number of likely N-dealkylation sites (N-methyl/N-ethyl adjacent to an activating group) is 1. The Hall–Kier alpha value is -3.65. The second-order valence-corrected chi connectivity index (χ2v) is 9.02. The lowest BCUT2D eigenvalue weighted by atomic mass is 10.1. The van der Waals surface area contributed by atoms with Crippen molar-refractivity contribution in [3.8, 4) is 5.69 Å². The number of aryl methyl sites for hydroxylation is 2. The average molecular weight is 458 g/mol. The minimum atomic E-state index is -0.0861. The molecule has 0 aliphatic carbocycles. The molecule has 5 rings (SSSR count). The van der Waals surface area contributed by atoms with E-state index in [1.54, 1.807) is 10.9 Å². The number of nitrogens with one attached hydrogen (secondary N) is 1. The molecular weight excluding hydrogens is 426 g/mol. The number of rotatable bonds is 5. The van der Waals surface area contributed by atoms with E-state index in [-0.39, 0.29) is 5.56 Å². The van der Waals surface area contributed by atoms with E-state index in [0.29, 0.717) is 23.5 Å². The first-order valence-corrected chi connectivity index (χ1v) is 11.8. The van der Waals surface area contributed by atoms with Crippen LogP contribution in [0, 0.1) is 13.8 Å². The summed E-state index contributed by atoms with van der Waals surface area (Å²) in [6.45, 7) is 10.9. The average Bonchev–Trinajstić information content (AvgIpc) is 3.11. The highest BCUT2D eigenvalue weighted by atomic mass is 16.1. The molecule has 1 aliphatic heterocycles. The van der Waals surface area contributed by atoms with E-state index in [1.165, 1.54) is 11.3 Å². The van der Waals surface area contributed by atoms with Crippen LogP contribution in [0.5, 0.6) is 0 Å². The van der Waals surface area contributed by atoms with Crippen LogP contribution in [0.2, 0.25) is 0 Å². The van der Waals surface area contributed by atoms with Crippen LogP contribution in [0.3, 0.4) is 0 Å². The third-order valence-corrected chi connectivity index (χ3v) is 6.55. The first-order chi connectivity index (χ1) is 16.4. The Morgan fingerprint density at radius 3 is 2.41 bits per heavy atom. The summed E-state index contributed by atoms with van der Waals surface area (Å²) >= 11 is 0. The zero-order chi connectivity index (χ0) is 23.8. The van der Waals surface area contributed by atoms with Crippen LogP contribution in [0.15, 0.2) is 53.5 Å². The zero-order valence-electron chi connectivity index (χ0n) is 20.2. The van der Waals surface area contributed by atoms with Crippen LogP contribution in [-0.4, -0.2) is 57.5 Å². The molecule has 0 bridgehead atoms. The maximum Gasteiger partial charge on any atom is 0.278 e. The fraction of sp³-hybridized carbons (Fsp3) is 0.346. The number of benzene rings is 2. The third kappa shape index (κ3) is 4.05. The molecule has 1 aliphatic rings. The number of hydrogen-bond acceptors (Lipinski definition) is 6. The van der Waals surface area contributed by atoms with Gasteiger partial charge in [0.2, 0.25) is 5.95 Å². The molecule has 3 heterocycles. The Kier molecular flexibility index (Phi) is 5.83. The molecule has 2 aromatic carbocycles. The Morgan fingerprint density at radius 2 is 1.74 bits per heavy atom.